The van der Waals surface area contributed by atoms with E-state index in [0.717, 1.165) is 44.9 Å². The lowest BCUT2D eigenvalue weighted by molar-refractivity contribution is -0.138. The van der Waals surface area contributed by atoms with Crippen LogP contribution in [-0.4, -0.2) is 150 Å². The Kier molecular flexibility index (Phi) is 73.4. The number of hydrogen-bond donors (Lipinski definition) is 3. The number of hydrogen-bond acceptors (Lipinski definition) is 16. The lowest BCUT2D eigenvalue weighted by Gasteiger charge is -2.18. The standard InChI is InChI=1S/C10H19NO2.C9H17NO2.C9H19NO.3C9H16O2.C8H17NO.2C8H16O.C7H14O2.C7H14O/c1-10(2,3)8(12)6-7-9(13)11(4)5;1-9(2,3)7(11)5-6-8(12)10-4;1-9(2,3)7-6-8(11)10(4)5;3*1-7(10)5-6-8(11)9(2,3)4;1-8(2,3)6-5-7(10)9-4;2*1-7(9)5-6-8(2,3)4;1-7(2,3)5-4-6(8)9;1-5-6(8)7(2,3)4/h6-7H2,1-5H3;5-6H2,1-4H3,(H,10,12);6-7H2,1-5H3;3*5-6H2,1-4H3;5-6H2,1-4H3,(H,9,10);2*5-6H2,1-4H3;4-5H2,1-3H3,(H,8,9);5H2,1-4H3. The van der Waals surface area contributed by atoms with Crippen molar-refractivity contribution in [3.05, 3.63) is 0 Å². The third-order valence-electron chi connectivity index (χ3n) is 15.9. The molecule has 0 spiro atoms. The highest BCUT2D eigenvalue weighted by molar-refractivity contribution is 5.91. The Morgan fingerprint density at radius 1 is 0.237 bits per heavy atom. The van der Waals surface area contributed by atoms with Crippen molar-refractivity contribution in [2.45, 2.75) is 405 Å². The van der Waals surface area contributed by atoms with Crippen molar-refractivity contribution >= 4 is 93.2 Å². The Morgan fingerprint density at radius 3 is 0.561 bits per heavy atom. The molecule has 3 N–H and O–H groups in total. The van der Waals surface area contributed by atoms with E-state index in [0.29, 0.717) is 112 Å². The van der Waals surface area contributed by atoms with Crippen LogP contribution in [0.5, 0.6) is 0 Å². The van der Waals surface area contributed by atoms with E-state index in [1.54, 1.807) is 61.0 Å². The number of carboxylic acids is 1. The Hall–Kier alpha value is -6.28. The lowest BCUT2D eigenvalue weighted by Crippen LogP contribution is -2.25. The summed E-state index contributed by atoms with van der Waals surface area (Å²) in [6, 6.07) is 0. The van der Waals surface area contributed by atoms with Gasteiger partial charge in [-0.05, 0) is 93.8 Å². The van der Waals surface area contributed by atoms with Crippen LogP contribution in [-0.2, 0) is 76.7 Å². The normalized spacial score (nSPS) is 11.3. The highest BCUT2D eigenvalue weighted by Crippen LogP contribution is 2.26. The maximum Gasteiger partial charge on any atom is 0.303 e. The quantitative estimate of drug-likeness (QED) is 0.0724. The molecule has 0 aromatic rings. The number of carbonyl (C=O) groups excluding carboxylic acids is 15. The number of aliphatic carboxylic acids is 1. The number of Topliss-reactive ketones (excluding diaryl/α,β-unsaturated/α-hetero) is 11. The summed E-state index contributed by atoms with van der Waals surface area (Å²) in [4.78, 5) is 177. The van der Waals surface area contributed by atoms with E-state index in [1.807, 2.05) is 152 Å². The van der Waals surface area contributed by atoms with Crippen molar-refractivity contribution in [2.24, 2.45) is 59.6 Å². The van der Waals surface area contributed by atoms with Gasteiger partial charge in [-0.2, -0.15) is 0 Å². The molecule has 0 bridgehead atoms. The first-order chi connectivity index (χ1) is 50.1. The van der Waals surface area contributed by atoms with E-state index >= 15 is 0 Å². The molecule has 0 atom stereocenters. The van der Waals surface area contributed by atoms with Crippen molar-refractivity contribution in [1.29, 1.82) is 0 Å². The van der Waals surface area contributed by atoms with Crippen molar-refractivity contribution < 1.29 is 81.8 Å². The van der Waals surface area contributed by atoms with Gasteiger partial charge in [-0.15, -0.1) is 0 Å². The van der Waals surface area contributed by atoms with Crippen molar-refractivity contribution in [3.8, 4) is 0 Å². The summed E-state index contributed by atoms with van der Waals surface area (Å²) in [6.07, 6.45) is 12.0. The first kappa shape index (κ1) is 131. The summed E-state index contributed by atoms with van der Waals surface area (Å²) >= 11 is 0. The predicted octanol–water partition coefficient (Wildman–Crippen LogP) is 20.7. The molecule has 0 rings (SSSR count). The van der Waals surface area contributed by atoms with Crippen LogP contribution in [0.2, 0.25) is 0 Å². The van der Waals surface area contributed by atoms with Gasteiger partial charge in [-0.25, -0.2) is 0 Å². The minimum Gasteiger partial charge on any atom is -0.481 e. The van der Waals surface area contributed by atoms with Crippen LogP contribution in [0.15, 0.2) is 0 Å². The molecule has 0 heterocycles. The highest BCUT2D eigenvalue weighted by atomic mass is 16.4. The molecule has 0 aliphatic carbocycles. The molecule has 0 aromatic heterocycles. The van der Waals surface area contributed by atoms with Gasteiger partial charge in [0, 0.05) is 178 Å². The van der Waals surface area contributed by atoms with E-state index in [9.17, 15) is 76.7 Å². The summed E-state index contributed by atoms with van der Waals surface area (Å²) in [6.45, 7) is 75.4. The van der Waals surface area contributed by atoms with Crippen LogP contribution < -0.4 is 10.6 Å². The summed E-state index contributed by atoms with van der Waals surface area (Å²) in [5.41, 5.74) is -0.358. The van der Waals surface area contributed by atoms with Gasteiger partial charge in [0.25, 0.3) is 0 Å². The monoisotopic (exact) mass is 1630 g/mol. The average molecular weight is 1630 g/mol. The smallest absolute Gasteiger partial charge is 0.303 e. The van der Waals surface area contributed by atoms with Crippen LogP contribution in [0.25, 0.3) is 0 Å². The Labute approximate surface area is 698 Å². The minimum atomic E-state index is -0.704. The van der Waals surface area contributed by atoms with Crippen LogP contribution in [0.3, 0.4) is 0 Å². The molecule has 674 valence electrons. The molecule has 0 aromatic carbocycles. The lowest BCUT2D eigenvalue weighted by atomic mass is 9.88. The summed E-state index contributed by atoms with van der Waals surface area (Å²) in [5.74, 6) is 1.52. The van der Waals surface area contributed by atoms with E-state index in [4.69, 9.17) is 5.11 Å². The molecular formula is C93H180N4O17. The van der Waals surface area contributed by atoms with E-state index < -0.39 is 5.97 Å². The molecule has 0 aliphatic heterocycles. The largest absolute Gasteiger partial charge is 0.481 e. The topological polar surface area (TPSA) is 324 Å². The Bertz CT molecular complexity index is 2650. The fraction of sp³-hybridized carbons (Fsp3) is 0.828. The second-order valence-corrected chi connectivity index (χ2v) is 42.0. The third-order valence-corrected chi connectivity index (χ3v) is 15.9. The van der Waals surface area contributed by atoms with Crippen molar-refractivity contribution in [2.75, 3.05) is 42.3 Å². The molecule has 114 heavy (non-hydrogen) atoms. The molecule has 4 amide bonds. The zero-order valence-corrected chi connectivity index (χ0v) is 82.2. The Balaban J connectivity index is -0.000000114. The SMILES string of the molecule is CC(=O)CCC(=O)C(C)(C)C.CC(=O)CCC(=O)C(C)(C)C.CC(=O)CCC(=O)C(C)(C)C.CC(=O)CCC(C)(C)C.CC(=O)CCC(C)(C)C.CC(C)(C)CCC(=O)O.CCC(=O)C(C)(C)C.CN(C)C(=O)CCC(=O)C(C)(C)C.CN(C)C(=O)CCC(C)(C)C.CNC(=O)CCC(=O)C(C)(C)C.CNC(=O)CCC(C)(C)C. The van der Waals surface area contributed by atoms with E-state index in [1.165, 1.54) is 25.7 Å². The van der Waals surface area contributed by atoms with Gasteiger partial charge < -0.3 is 49.5 Å². The summed E-state index contributed by atoms with van der Waals surface area (Å²) in [5, 5.41) is 13.4. The second-order valence-electron chi connectivity index (χ2n) is 42.0. The van der Waals surface area contributed by atoms with Gasteiger partial charge in [0.2, 0.25) is 23.6 Å². The Morgan fingerprint density at radius 2 is 0.412 bits per heavy atom. The van der Waals surface area contributed by atoms with Gasteiger partial charge in [-0.3, -0.25) is 52.7 Å². The molecule has 0 unspecified atom stereocenters. The first-order valence-electron chi connectivity index (χ1n) is 40.9. The summed E-state index contributed by atoms with van der Waals surface area (Å²) in [7, 11) is 10.2. The third kappa shape index (κ3) is 119. The summed E-state index contributed by atoms with van der Waals surface area (Å²) < 4.78 is 0. The van der Waals surface area contributed by atoms with Gasteiger partial charge in [0.15, 0.2) is 0 Å². The fourth-order valence-corrected chi connectivity index (χ4v) is 6.97. The fourth-order valence-electron chi connectivity index (χ4n) is 6.97. The first-order valence-corrected chi connectivity index (χ1v) is 40.9. The number of carbonyl (C=O) groups is 16. The molecular weight excluding hydrogens is 1450 g/mol. The second kappa shape index (κ2) is 63.8. The van der Waals surface area contributed by atoms with Gasteiger partial charge >= 0.3 is 5.97 Å². The van der Waals surface area contributed by atoms with Gasteiger partial charge in [0.1, 0.15) is 63.6 Å². The van der Waals surface area contributed by atoms with E-state index in [2.05, 4.69) is 93.7 Å². The number of nitrogens with zero attached hydrogens (tertiary/aromatic N) is 2. The number of amides is 4. The molecule has 0 aliphatic rings. The van der Waals surface area contributed by atoms with Crippen molar-refractivity contribution in [1.82, 2.24) is 20.4 Å². The molecule has 0 saturated carbocycles. The number of carboxylic acid groups (broad SMARTS) is 1. The van der Waals surface area contributed by atoms with Gasteiger partial charge in [-0.1, -0.05) is 235 Å². The maximum atomic E-state index is 11.4. The van der Waals surface area contributed by atoms with Crippen LogP contribution in [0, 0.1) is 59.6 Å². The zero-order valence-electron chi connectivity index (χ0n) is 82.2. The zero-order chi connectivity index (χ0) is 94.2. The molecule has 0 fully saturated rings. The predicted molar refractivity (Wildman–Crippen MR) is 473 cm³/mol. The maximum absolute atomic E-state index is 11.4. The van der Waals surface area contributed by atoms with Crippen LogP contribution in [0.4, 0.5) is 0 Å². The van der Waals surface area contributed by atoms with Gasteiger partial charge in [0.05, 0.1) is 0 Å². The average Bonchev–Trinajstić information content (AvgIpc) is 0.924. The molecule has 0 saturated heterocycles. The number of rotatable bonds is 26. The number of nitrogens with one attached hydrogen (secondary N) is 2. The van der Waals surface area contributed by atoms with E-state index in [-0.39, 0.29) is 125 Å². The van der Waals surface area contributed by atoms with Crippen LogP contribution >= 0.6 is 0 Å². The minimum absolute atomic E-state index is 0.0117. The molecule has 0 radical (unpaired) electrons. The molecule has 21 nitrogen and oxygen atoms in total. The van der Waals surface area contributed by atoms with Crippen molar-refractivity contribution in [3.63, 3.8) is 0 Å². The number of ketones is 11. The molecule has 21 heteroatoms. The highest BCUT2D eigenvalue weighted by Gasteiger charge is 2.26. The van der Waals surface area contributed by atoms with Crippen LogP contribution in [0.1, 0.15) is 405 Å².